The van der Waals surface area contributed by atoms with Gasteiger partial charge in [-0.15, -0.1) is 0 Å². The van der Waals surface area contributed by atoms with Gasteiger partial charge >= 0.3 is 0 Å². The van der Waals surface area contributed by atoms with Crippen molar-refractivity contribution < 1.29 is 15.0 Å². The summed E-state index contributed by atoms with van der Waals surface area (Å²) in [7, 11) is 0. The third kappa shape index (κ3) is 2.15. The van der Waals surface area contributed by atoms with Gasteiger partial charge in [0.05, 0.1) is 5.60 Å². The van der Waals surface area contributed by atoms with Gasteiger partial charge in [-0.25, -0.2) is 0 Å². The maximum absolute atomic E-state index is 12.1. The van der Waals surface area contributed by atoms with E-state index >= 15 is 0 Å². The van der Waals surface area contributed by atoms with Gasteiger partial charge in [-0.3, -0.25) is 4.79 Å². The monoisotopic (exact) mass is 322 g/mol. The summed E-state index contributed by atoms with van der Waals surface area (Å²) in [6.45, 7) is 4.92. The maximum atomic E-state index is 12.1. The zero-order chi connectivity index (χ0) is 17.3. The SMILES string of the molecule is CC(C)(O)C(=O)c1ccc(-c2ccc3c(c2)C2C3CC2(C)O)cc1. The molecule has 2 N–H and O–H groups in total. The summed E-state index contributed by atoms with van der Waals surface area (Å²) >= 11 is 0. The lowest BCUT2D eigenvalue weighted by atomic mass is 9.48. The van der Waals surface area contributed by atoms with Gasteiger partial charge in [0.1, 0.15) is 5.60 Å². The van der Waals surface area contributed by atoms with E-state index in [0.717, 1.165) is 17.5 Å². The molecule has 3 unspecified atom stereocenters. The second-order valence-corrected chi connectivity index (χ2v) is 7.95. The van der Waals surface area contributed by atoms with Crippen LogP contribution in [0.2, 0.25) is 0 Å². The average molecular weight is 322 g/mol. The fraction of sp³-hybridized carbons (Fsp3) is 0.381. The lowest BCUT2D eigenvalue weighted by Gasteiger charge is -2.58. The Balaban J connectivity index is 1.63. The first-order valence-corrected chi connectivity index (χ1v) is 8.42. The van der Waals surface area contributed by atoms with Gasteiger partial charge in [-0.1, -0.05) is 42.5 Å². The van der Waals surface area contributed by atoms with Crippen molar-refractivity contribution in [2.75, 3.05) is 0 Å². The predicted molar refractivity (Wildman–Crippen MR) is 93.2 cm³/mol. The molecular weight excluding hydrogens is 300 g/mol. The minimum Gasteiger partial charge on any atom is -0.389 e. The molecule has 0 radical (unpaired) electrons. The first kappa shape index (κ1) is 15.6. The molecule has 0 aromatic heterocycles. The molecule has 0 heterocycles. The molecule has 0 aliphatic heterocycles. The average Bonchev–Trinajstić information content (AvgIpc) is 2.50. The van der Waals surface area contributed by atoms with Crippen molar-refractivity contribution in [2.45, 2.75) is 50.2 Å². The van der Waals surface area contributed by atoms with E-state index in [1.165, 1.54) is 25.0 Å². The van der Waals surface area contributed by atoms with E-state index in [1.807, 2.05) is 19.1 Å². The standard InChI is InChI=1S/C21H22O3/c1-20(2,23)19(22)13-6-4-12(5-7-13)14-8-9-15-16(10-14)18-17(15)11-21(18,3)24/h4-10,17-18,23-24H,11H2,1-3H3. The van der Waals surface area contributed by atoms with E-state index in [9.17, 15) is 15.0 Å². The Hall–Kier alpha value is -1.97. The maximum Gasteiger partial charge on any atom is 0.193 e. The van der Waals surface area contributed by atoms with E-state index in [2.05, 4.69) is 18.2 Å². The Bertz CT molecular complexity index is 825. The van der Waals surface area contributed by atoms with Gasteiger partial charge in [0, 0.05) is 11.5 Å². The molecule has 0 bridgehead atoms. The predicted octanol–water partition coefficient (Wildman–Crippen LogP) is 3.64. The third-order valence-corrected chi connectivity index (χ3v) is 5.56. The molecule has 1 fully saturated rings. The van der Waals surface area contributed by atoms with E-state index < -0.39 is 11.2 Å². The molecule has 0 saturated heterocycles. The second kappa shape index (κ2) is 4.78. The fourth-order valence-corrected chi connectivity index (χ4v) is 4.24. The summed E-state index contributed by atoms with van der Waals surface area (Å²) in [6.07, 6.45) is 0.859. The number of carbonyl (C=O) groups excluding carboxylic acids is 1. The molecule has 0 amide bonds. The van der Waals surface area contributed by atoms with Crippen molar-refractivity contribution in [1.29, 1.82) is 0 Å². The fourth-order valence-electron chi connectivity index (χ4n) is 4.24. The largest absolute Gasteiger partial charge is 0.389 e. The highest BCUT2D eigenvalue weighted by Crippen LogP contribution is 2.65. The van der Waals surface area contributed by atoms with Crippen LogP contribution in [-0.2, 0) is 0 Å². The van der Waals surface area contributed by atoms with Crippen molar-refractivity contribution in [2.24, 2.45) is 0 Å². The lowest BCUT2D eigenvalue weighted by molar-refractivity contribution is -0.0738. The summed E-state index contributed by atoms with van der Waals surface area (Å²) in [4.78, 5) is 12.1. The molecule has 2 aromatic rings. The first-order valence-electron chi connectivity index (χ1n) is 8.42. The number of hydrogen-bond donors (Lipinski definition) is 2. The van der Waals surface area contributed by atoms with Crippen molar-refractivity contribution in [3.8, 4) is 11.1 Å². The van der Waals surface area contributed by atoms with Crippen LogP contribution in [0.15, 0.2) is 42.5 Å². The molecule has 2 aliphatic rings. The molecule has 4 rings (SSSR count). The summed E-state index contributed by atoms with van der Waals surface area (Å²) in [5.74, 6) is 0.513. The van der Waals surface area contributed by atoms with Crippen molar-refractivity contribution in [3.63, 3.8) is 0 Å². The van der Waals surface area contributed by atoms with Gasteiger partial charge < -0.3 is 10.2 Å². The van der Waals surface area contributed by atoms with Gasteiger partial charge in [-0.05, 0) is 55.4 Å². The smallest absolute Gasteiger partial charge is 0.193 e. The van der Waals surface area contributed by atoms with Crippen molar-refractivity contribution >= 4 is 5.78 Å². The van der Waals surface area contributed by atoms with Gasteiger partial charge in [0.15, 0.2) is 5.78 Å². The second-order valence-electron chi connectivity index (χ2n) is 7.95. The molecule has 3 nitrogen and oxygen atoms in total. The van der Waals surface area contributed by atoms with Gasteiger partial charge in [0.25, 0.3) is 0 Å². The lowest BCUT2D eigenvalue weighted by Crippen LogP contribution is -2.54. The van der Waals surface area contributed by atoms with E-state index in [1.54, 1.807) is 12.1 Å². The van der Waals surface area contributed by atoms with Crippen LogP contribution in [0.3, 0.4) is 0 Å². The molecule has 3 atom stereocenters. The van der Waals surface area contributed by atoms with Crippen molar-refractivity contribution in [1.82, 2.24) is 0 Å². The summed E-state index contributed by atoms with van der Waals surface area (Å²) in [5, 5.41) is 20.2. The van der Waals surface area contributed by atoms with Crippen LogP contribution in [0.1, 0.15) is 60.5 Å². The van der Waals surface area contributed by atoms with Crippen LogP contribution >= 0.6 is 0 Å². The molecule has 24 heavy (non-hydrogen) atoms. The van der Waals surface area contributed by atoms with Crippen LogP contribution in [0.5, 0.6) is 0 Å². The van der Waals surface area contributed by atoms with Gasteiger partial charge in [0.2, 0.25) is 0 Å². The quantitative estimate of drug-likeness (QED) is 0.848. The van der Waals surface area contributed by atoms with Crippen LogP contribution < -0.4 is 0 Å². The minimum absolute atomic E-state index is 0.267. The highest BCUT2D eigenvalue weighted by atomic mass is 16.3. The zero-order valence-corrected chi connectivity index (χ0v) is 14.2. The van der Waals surface area contributed by atoms with E-state index in [-0.39, 0.29) is 11.7 Å². The highest BCUT2D eigenvalue weighted by Gasteiger charge is 2.58. The Kier molecular flexibility index (Phi) is 3.09. The minimum atomic E-state index is -1.36. The Morgan fingerprint density at radius 2 is 1.71 bits per heavy atom. The number of rotatable bonds is 3. The summed E-state index contributed by atoms with van der Waals surface area (Å²) < 4.78 is 0. The van der Waals surface area contributed by atoms with Crippen LogP contribution in [0.25, 0.3) is 11.1 Å². The molecule has 2 aliphatic carbocycles. The number of hydrogen-bond acceptors (Lipinski definition) is 3. The topological polar surface area (TPSA) is 57.5 Å². The zero-order valence-electron chi connectivity index (χ0n) is 14.2. The molecule has 0 spiro atoms. The van der Waals surface area contributed by atoms with Crippen LogP contribution in [0.4, 0.5) is 0 Å². The Labute approximate surface area is 142 Å². The highest BCUT2D eigenvalue weighted by molar-refractivity contribution is 6.02. The first-order chi connectivity index (χ1) is 11.2. The number of Topliss-reactive ketones (excluding diaryl/α,β-unsaturated/α-hetero) is 1. The molecule has 2 aromatic carbocycles. The number of fused-ring (bicyclic) bond motifs is 4. The van der Waals surface area contributed by atoms with E-state index in [4.69, 9.17) is 0 Å². The number of aliphatic hydroxyl groups is 2. The number of ketones is 1. The third-order valence-electron chi connectivity index (χ3n) is 5.56. The molecule has 3 heteroatoms. The summed E-state index contributed by atoms with van der Waals surface area (Å²) in [6, 6.07) is 13.8. The van der Waals surface area contributed by atoms with Gasteiger partial charge in [-0.2, -0.15) is 0 Å². The van der Waals surface area contributed by atoms with Crippen LogP contribution in [-0.4, -0.2) is 27.2 Å². The molecular formula is C21H22O3. The number of benzene rings is 2. The Morgan fingerprint density at radius 3 is 2.29 bits per heavy atom. The molecule has 124 valence electrons. The Morgan fingerprint density at radius 1 is 1.08 bits per heavy atom. The normalized spacial score (nSPS) is 27.5. The van der Waals surface area contributed by atoms with Crippen LogP contribution in [0, 0.1) is 0 Å². The number of carbonyl (C=O) groups is 1. The molecule has 1 saturated carbocycles. The van der Waals surface area contributed by atoms with Crippen molar-refractivity contribution in [3.05, 3.63) is 59.2 Å². The summed E-state index contributed by atoms with van der Waals surface area (Å²) in [5.41, 5.74) is 3.33. The van der Waals surface area contributed by atoms with E-state index in [0.29, 0.717) is 11.5 Å².